The molecular formula is C14H19NO5S. The number of nitrogens with zero attached hydrogens (tertiary/aromatic N) is 1. The van der Waals surface area contributed by atoms with Gasteiger partial charge in [-0.2, -0.15) is 8.42 Å². The van der Waals surface area contributed by atoms with Gasteiger partial charge in [-0.1, -0.05) is 6.07 Å². The minimum Gasteiger partial charge on any atom is -0.465 e. The molecule has 1 aromatic rings. The molecule has 0 spiro atoms. The van der Waals surface area contributed by atoms with E-state index in [2.05, 4.69) is 4.90 Å². The minimum atomic E-state index is -3.88. The second kappa shape index (κ2) is 6.55. The summed E-state index contributed by atoms with van der Waals surface area (Å²) in [6.45, 7) is 2.16. The topological polar surface area (TPSA) is 83.9 Å². The molecule has 0 aliphatic carbocycles. The van der Waals surface area contributed by atoms with Gasteiger partial charge in [0.05, 0.1) is 18.4 Å². The summed E-state index contributed by atoms with van der Waals surface area (Å²) in [5, 5.41) is 0. The molecule has 1 aliphatic heterocycles. The van der Waals surface area contributed by atoms with E-state index in [1.165, 1.54) is 7.11 Å². The molecule has 1 heterocycles. The Kier molecular flexibility index (Phi) is 4.97. The van der Waals surface area contributed by atoms with Crippen LogP contribution >= 0.6 is 0 Å². The Morgan fingerprint density at radius 3 is 2.81 bits per heavy atom. The molecule has 0 radical (unpaired) electrons. The van der Waals surface area contributed by atoms with E-state index >= 15 is 0 Å². The number of methoxy groups -OCH3 is 1. The molecule has 1 N–H and O–H groups in total. The molecule has 0 saturated heterocycles. The van der Waals surface area contributed by atoms with Gasteiger partial charge in [-0.05, 0) is 42.6 Å². The number of rotatable bonds is 5. The van der Waals surface area contributed by atoms with Gasteiger partial charge in [0.2, 0.25) is 0 Å². The summed E-state index contributed by atoms with van der Waals surface area (Å²) in [4.78, 5) is 13.6. The molecule has 0 unspecified atom stereocenters. The molecule has 6 nitrogen and oxygen atoms in total. The first-order valence-corrected chi connectivity index (χ1v) is 8.37. The van der Waals surface area contributed by atoms with Crippen LogP contribution in [0.15, 0.2) is 18.2 Å². The third-order valence-corrected chi connectivity index (χ3v) is 4.40. The Morgan fingerprint density at radius 2 is 2.14 bits per heavy atom. The highest BCUT2D eigenvalue weighted by Crippen LogP contribution is 2.21. The van der Waals surface area contributed by atoms with Crippen LogP contribution in [0.1, 0.15) is 27.9 Å². The molecule has 0 saturated carbocycles. The monoisotopic (exact) mass is 313 g/mol. The molecule has 0 atom stereocenters. The zero-order chi connectivity index (χ0) is 15.5. The number of hydrogen-bond donors (Lipinski definition) is 1. The van der Waals surface area contributed by atoms with Gasteiger partial charge < -0.3 is 4.74 Å². The first kappa shape index (κ1) is 15.9. The van der Waals surface area contributed by atoms with Gasteiger partial charge in [0.25, 0.3) is 10.1 Å². The Bertz CT molecular complexity index is 626. The zero-order valence-corrected chi connectivity index (χ0v) is 12.7. The predicted octanol–water partition coefficient (Wildman–Crippen LogP) is 1.11. The lowest BCUT2D eigenvalue weighted by Gasteiger charge is -2.28. The highest BCUT2D eigenvalue weighted by molar-refractivity contribution is 7.85. The normalized spacial score (nSPS) is 15.5. The Labute approximate surface area is 124 Å². The summed E-state index contributed by atoms with van der Waals surface area (Å²) in [6, 6.07) is 5.51. The van der Waals surface area contributed by atoms with E-state index in [-0.39, 0.29) is 11.7 Å². The number of ether oxygens (including phenoxy) is 1. The lowest BCUT2D eigenvalue weighted by Crippen LogP contribution is -2.32. The van der Waals surface area contributed by atoms with Crippen molar-refractivity contribution in [3.63, 3.8) is 0 Å². The van der Waals surface area contributed by atoms with Crippen molar-refractivity contribution in [2.75, 3.05) is 26.0 Å². The Balaban J connectivity index is 1.96. The maximum Gasteiger partial charge on any atom is 0.337 e. The van der Waals surface area contributed by atoms with Crippen molar-refractivity contribution in [1.82, 2.24) is 4.90 Å². The fourth-order valence-corrected chi connectivity index (χ4v) is 3.01. The number of carbonyl (C=O) groups is 1. The quantitative estimate of drug-likeness (QED) is 0.647. The van der Waals surface area contributed by atoms with Crippen LogP contribution < -0.4 is 0 Å². The molecule has 1 aliphatic rings. The van der Waals surface area contributed by atoms with E-state index in [9.17, 15) is 13.2 Å². The van der Waals surface area contributed by atoms with Crippen molar-refractivity contribution in [3.8, 4) is 0 Å². The van der Waals surface area contributed by atoms with Crippen molar-refractivity contribution in [2.45, 2.75) is 19.4 Å². The third-order valence-electron chi connectivity index (χ3n) is 3.60. The highest BCUT2D eigenvalue weighted by Gasteiger charge is 2.18. The van der Waals surface area contributed by atoms with E-state index in [1.807, 2.05) is 12.1 Å². The zero-order valence-electron chi connectivity index (χ0n) is 11.9. The van der Waals surface area contributed by atoms with Gasteiger partial charge in [-0.25, -0.2) is 4.79 Å². The fourth-order valence-electron chi connectivity index (χ4n) is 2.52. The maximum atomic E-state index is 11.5. The first-order valence-electron chi connectivity index (χ1n) is 6.76. The van der Waals surface area contributed by atoms with E-state index in [0.29, 0.717) is 18.5 Å². The number of carbonyl (C=O) groups excluding carboxylic acids is 1. The maximum absolute atomic E-state index is 11.5. The summed E-state index contributed by atoms with van der Waals surface area (Å²) < 4.78 is 34.8. The molecule has 21 heavy (non-hydrogen) atoms. The van der Waals surface area contributed by atoms with E-state index < -0.39 is 10.1 Å². The molecule has 0 aromatic heterocycles. The van der Waals surface area contributed by atoms with Crippen molar-refractivity contribution in [2.24, 2.45) is 0 Å². The van der Waals surface area contributed by atoms with E-state index in [4.69, 9.17) is 9.29 Å². The standard InChI is InChI=1S/C14H19NO5S/c1-20-14(16)12-3-4-13-10-15(7-5-11(13)9-12)6-2-8-21(17,18)19/h3-4,9H,2,5-8,10H2,1H3,(H,17,18,19). The number of fused-ring (bicyclic) bond motifs is 1. The van der Waals surface area contributed by atoms with E-state index in [0.717, 1.165) is 30.6 Å². The second-order valence-electron chi connectivity index (χ2n) is 5.14. The molecule has 116 valence electrons. The Hall–Kier alpha value is -1.44. The Morgan fingerprint density at radius 1 is 1.38 bits per heavy atom. The van der Waals surface area contributed by atoms with Gasteiger partial charge in [0.1, 0.15) is 0 Å². The summed E-state index contributed by atoms with van der Waals surface area (Å²) in [6.07, 6.45) is 1.22. The lowest BCUT2D eigenvalue weighted by atomic mass is 9.97. The average molecular weight is 313 g/mol. The lowest BCUT2D eigenvalue weighted by molar-refractivity contribution is 0.0600. The molecule has 7 heteroatoms. The van der Waals surface area contributed by atoms with Crippen LogP contribution in [0, 0.1) is 0 Å². The third kappa shape index (κ3) is 4.52. The van der Waals surface area contributed by atoms with E-state index in [1.54, 1.807) is 6.07 Å². The van der Waals surface area contributed by atoms with Crippen LogP contribution in [0.3, 0.4) is 0 Å². The van der Waals surface area contributed by atoms with Gasteiger partial charge in [0, 0.05) is 13.1 Å². The molecule has 0 fully saturated rings. The van der Waals surface area contributed by atoms with Crippen molar-refractivity contribution in [1.29, 1.82) is 0 Å². The van der Waals surface area contributed by atoms with Gasteiger partial charge in [0.15, 0.2) is 0 Å². The second-order valence-corrected chi connectivity index (χ2v) is 6.71. The summed E-state index contributed by atoms with van der Waals surface area (Å²) in [7, 11) is -2.52. The molecule has 0 bridgehead atoms. The van der Waals surface area contributed by atoms with Crippen LogP contribution in [-0.2, 0) is 27.8 Å². The van der Waals surface area contributed by atoms with Crippen molar-refractivity contribution < 1.29 is 22.5 Å². The van der Waals surface area contributed by atoms with Gasteiger partial charge in [-0.15, -0.1) is 0 Å². The largest absolute Gasteiger partial charge is 0.465 e. The number of esters is 1. The van der Waals surface area contributed by atoms with Crippen LogP contribution in [0.25, 0.3) is 0 Å². The average Bonchev–Trinajstić information content (AvgIpc) is 2.44. The minimum absolute atomic E-state index is 0.211. The van der Waals surface area contributed by atoms with Gasteiger partial charge >= 0.3 is 5.97 Å². The summed E-state index contributed by atoms with van der Waals surface area (Å²) in [5.74, 6) is -0.550. The number of hydrogen-bond acceptors (Lipinski definition) is 5. The van der Waals surface area contributed by atoms with Crippen molar-refractivity contribution in [3.05, 3.63) is 34.9 Å². The highest BCUT2D eigenvalue weighted by atomic mass is 32.2. The molecule has 0 amide bonds. The smallest absolute Gasteiger partial charge is 0.337 e. The SMILES string of the molecule is COC(=O)c1ccc2c(c1)CCN(CCCS(=O)(=O)O)C2. The summed E-state index contributed by atoms with van der Waals surface area (Å²) in [5.41, 5.74) is 2.82. The first-order chi connectivity index (χ1) is 9.89. The van der Waals surface area contributed by atoms with Crippen LogP contribution in [0.4, 0.5) is 0 Å². The fraction of sp³-hybridized carbons (Fsp3) is 0.500. The molecule has 1 aromatic carbocycles. The van der Waals surface area contributed by atoms with Crippen molar-refractivity contribution >= 4 is 16.1 Å². The van der Waals surface area contributed by atoms with Crippen LogP contribution in [0.2, 0.25) is 0 Å². The van der Waals surface area contributed by atoms with Gasteiger partial charge in [-0.3, -0.25) is 9.45 Å². The van der Waals surface area contributed by atoms with Crippen LogP contribution in [0.5, 0.6) is 0 Å². The summed E-state index contributed by atoms with van der Waals surface area (Å²) >= 11 is 0. The number of benzene rings is 1. The molecule has 2 rings (SSSR count). The van der Waals surface area contributed by atoms with Crippen LogP contribution in [-0.4, -0.2) is 49.8 Å². The predicted molar refractivity (Wildman–Crippen MR) is 77.8 cm³/mol. The molecular weight excluding hydrogens is 294 g/mol.